The van der Waals surface area contributed by atoms with Crippen molar-refractivity contribution in [2.45, 2.75) is 6.42 Å². The predicted molar refractivity (Wildman–Crippen MR) is 29.3 cm³/mol. The van der Waals surface area contributed by atoms with Gasteiger partial charge in [0, 0.05) is 5.33 Å². The van der Waals surface area contributed by atoms with Crippen LogP contribution < -0.4 is 5.64 Å². The first-order valence-electron chi connectivity index (χ1n) is 1.98. The van der Waals surface area contributed by atoms with Gasteiger partial charge in [-0.3, -0.25) is 10.0 Å². The van der Waals surface area contributed by atoms with Crippen molar-refractivity contribution in [3.05, 3.63) is 0 Å². The standard InChI is InChI=1S/C3H8BrNO2/c4-2-1-3-7-5-6/h5-6H,1-3H2. The largest absolute Gasteiger partial charge is 0.292 e. The van der Waals surface area contributed by atoms with Gasteiger partial charge in [-0.1, -0.05) is 21.6 Å². The smallest absolute Gasteiger partial charge is 0.0717 e. The Morgan fingerprint density at radius 1 is 1.71 bits per heavy atom. The molecule has 0 aliphatic rings. The number of hydrogen-bond donors (Lipinski definition) is 2. The summed E-state index contributed by atoms with van der Waals surface area (Å²) in [6.45, 7) is 0.530. The molecule has 0 radical (unpaired) electrons. The van der Waals surface area contributed by atoms with E-state index in [1.54, 1.807) is 5.64 Å². The van der Waals surface area contributed by atoms with Crippen LogP contribution in [0.4, 0.5) is 0 Å². The minimum absolute atomic E-state index is 0.530. The second-order valence-electron chi connectivity index (χ2n) is 0.982. The summed E-state index contributed by atoms with van der Waals surface area (Å²) < 4.78 is 0. The minimum atomic E-state index is 0.530. The van der Waals surface area contributed by atoms with Crippen LogP contribution in [0.1, 0.15) is 6.42 Å². The van der Waals surface area contributed by atoms with Gasteiger partial charge in [0.05, 0.1) is 6.61 Å². The molecule has 0 bridgehead atoms. The zero-order chi connectivity index (χ0) is 5.54. The van der Waals surface area contributed by atoms with Gasteiger partial charge in [0.2, 0.25) is 0 Å². The molecule has 0 heterocycles. The maximum Gasteiger partial charge on any atom is 0.0717 e. The van der Waals surface area contributed by atoms with Crippen molar-refractivity contribution in [3.63, 3.8) is 0 Å². The summed E-state index contributed by atoms with van der Waals surface area (Å²) >= 11 is 3.19. The first kappa shape index (κ1) is 7.36. The van der Waals surface area contributed by atoms with Gasteiger partial charge in [0.25, 0.3) is 0 Å². The Morgan fingerprint density at radius 3 is 2.86 bits per heavy atom. The topological polar surface area (TPSA) is 41.5 Å². The molecule has 0 aliphatic heterocycles. The maximum absolute atomic E-state index is 7.81. The van der Waals surface area contributed by atoms with Crippen LogP contribution >= 0.6 is 15.9 Å². The summed E-state index contributed by atoms with van der Waals surface area (Å²) in [5.41, 5.74) is 1.58. The van der Waals surface area contributed by atoms with E-state index in [4.69, 9.17) is 5.21 Å². The first-order chi connectivity index (χ1) is 3.41. The van der Waals surface area contributed by atoms with Crippen LogP contribution in [0.2, 0.25) is 0 Å². The summed E-state index contributed by atoms with van der Waals surface area (Å²) in [6, 6.07) is 0. The summed E-state index contributed by atoms with van der Waals surface area (Å²) in [6.07, 6.45) is 0.896. The lowest BCUT2D eigenvalue weighted by Gasteiger charge is -1.93. The van der Waals surface area contributed by atoms with Crippen molar-refractivity contribution in [1.29, 1.82) is 0 Å². The summed E-state index contributed by atoms with van der Waals surface area (Å²) in [7, 11) is 0. The van der Waals surface area contributed by atoms with Crippen molar-refractivity contribution in [2.24, 2.45) is 0 Å². The fourth-order valence-corrected chi connectivity index (χ4v) is 0.401. The van der Waals surface area contributed by atoms with Gasteiger partial charge in [-0.25, -0.2) is 0 Å². The van der Waals surface area contributed by atoms with Gasteiger partial charge in [0.1, 0.15) is 0 Å². The first-order valence-corrected chi connectivity index (χ1v) is 3.11. The minimum Gasteiger partial charge on any atom is -0.292 e. The quantitative estimate of drug-likeness (QED) is 0.370. The second kappa shape index (κ2) is 6.36. The fraction of sp³-hybridized carbons (Fsp3) is 1.00. The molecule has 0 atom stereocenters. The van der Waals surface area contributed by atoms with Gasteiger partial charge in [-0.2, -0.15) is 0 Å². The Bertz CT molecular complexity index is 32.1. The van der Waals surface area contributed by atoms with Crippen LogP contribution in [-0.2, 0) is 4.84 Å². The van der Waals surface area contributed by atoms with Crippen molar-refractivity contribution in [2.75, 3.05) is 11.9 Å². The summed E-state index contributed by atoms with van der Waals surface area (Å²) in [5, 5.41) is 8.70. The van der Waals surface area contributed by atoms with E-state index in [2.05, 4.69) is 20.8 Å². The molecule has 44 valence electrons. The Kier molecular flexibility index (Phi) is 6.69. The summed E-state index contributed by atoms with van der Waals surface area (Å²) in [5.74, 6) is 0. The number of hydrogen-bond acceptors (Lipinski definition) is 3. The zero-order valence-corrected chi connectivity index (χ0v) is 5.44. The Hall–Kier alpha value is 0.360. The normalized spacial score (nSPS) is 9.43. The van der Waals surface area contributed by atoms with Crippen LogP contribution in [0.25, 0.3) is 0 Å². The van der Waals surface area contributed by atoms with Gasteiger partial charge in [0.15, 0.2) is 0 Å². The molecule has 0 saturated carbocycles. The van der Waals surface area contributed by atoms with E-state index >= 15 is 0 Å². The number of halogens is 1. The highest BCUT2D eigenvalue weighted by molar-refractivity contribution is 9.09. The highest BCUT2D eigenvalue weighted by Crippen LogP contribution is 1.85. The molecule has 0 amide bonds. The van der Waals surface area contributed by atoms with E-state index in [1.807, 2.05) is 0 Å². The van der Waals surface area contributed by atoms with E-state index < -0.39 is 0 Å². The van der Waals surface area contributed by atoms with E-state index in [9.17, 15) is 0 Å². The lowest BCUT2D eigenvalue weighted by Crippen LogP contribution is -2.09. The van der Waals surface area contributed by atoms with Crippen molar-refractivity contribution in [1.82, 2.24) is 5.64 Å². The van der Waals surface area contributed by atoms with E-state index in [0.29, 0.717) is 6.61 Å². The lowest BCUT2D eigenvalue weighted by atomic mass is 10.5. The Morgan fingerprint density at radius 2 is 2.43 bits per heavy atom. The van der Waals surface area contributed by atoms with Crippen LogP contribution in [0.3, 0.4) is 0 Å². The fourth-order valence-electron chi connectivity index (χ4n) is 0.172. The second-order valence-corrected chi connectivity index (χ2v) is 1.78. The molecule has 0 rings (SSSR count). The SMILES string of the molecule is ONOCCCBr. The molecule has 0 aliphatic carbocycles. The van der Waals surface area contributed by atoms with Crippen LogP contribution in [0.5, 0.6) is 0 Å². The van der Waals surface area contributed by atoms with Crippen molar-refractivity contribution < 1.29 is 10.0 Å². The monoisotopic (exact) mass is 169 g/mol. The molecular weight excluding hydrogens is 162 g/mol. The van der Waals surface area contributed by atoms with Gasteiger partial charge >= 0.3 is 0 Å². The Balaban J connectivity index is 2.45. The van der Waals surface area contributed by atoms with Gasteiger partial charge in [-0.15, -0.1) is 0 Å². The summed E-state index contributed by atoms with van der Waals surface area (Å²) in [4.78, 5) is 4.35. The lowest BCUT2D eigenvalue weighted by molar-refractivity contribution is -0.126. The van der Waals surface area contributed by atoms with Crippen molar-refractivity contribution >= 4 is 15.9 Å². The van der Waals surface area contributed by atoms with Gasteiger partial charge < -0.3 is 0 Å². The molecule has 0 aromatic heterocycles. The van der Waals surface area contributed by atoms with E-state index in [1.165, 1.54) is 0 Å². The molecule has 0 aromatic carbocycles. The van der Waals surface area contributed by atoms with E-state index in [0.717, 1.165) is 11.8 Å². The number of nitrogens with one attached hydrogen (secondary N) is 1. The molecule has 0 spiro atoms. The highest BCUT2D eigenvalue weighted by Gasteiger charge is 1.80. The third-order valence-corrected chi connectivity index (χ3v) is 1.01. The zero-order valence-electron chi connectivity index (χ0n) is 3.85. The molecule has 0 aromatic rings. The molecule has 0 saturated heterocycles. The molecule has 2 N–H and O–H groups in total. The van der Waals surface area contributed by atoms with Crippen LogP contribution in [-0.4, -0.2) is 17.1 Å². The average Bonchev–Trinajstić information content (AvgIpc) is 1.69. The van der Waals surface area contributed by atoms with Crippen LogP contribution in [0.15, 0.2) is 0 Å². The molecule has 0 unspecified atom stereocenters. The van der Waals surface area contributed by atoms with Crippen LogP contribution in [0, 0.1) is 0 Å². The number of alkyl halides is 1. The van der Waals surface area contributed by atoms with E-state index in [-0.39, 0.29) is 0 Å². The molecule has 4 heteroatoms. The molecule has 0 fully saturated rings. The maximum atomic E-state index is 7.81. The highest BCUT2D eigenvalue weighted by atomic mass is 79.9. The number of rotatable bonds is 4. The van der Waals surface area contributed by atoms with Crippen molar-refractivity contribution in [3.8, 4) is 0 Å². The average molecular weight is 170 g/mol. The predicted octanol–water partition coefficient (Wildman–Crippen LogP) is 0.682. The molecule has 3 nitrogen and oxygen atoms in total. The third-order valence-electron chi connectivity index (χ3n) is 0.445. The van der Waals surface area contributed by atoms with Gasteiger partial charge in [-0.05, 0) is 6.42 Å². The molecule has 7 heavy (non-hydrogen) atoms. The Labute approximate surface area is 50.7 Å². The third kappa shape index (κ3) is 6.36. The molecular formula is C3H8BrNO2.